The molecular weight excluding hydrogens is 316 g/mol. The highest BCUT2D eigenvalue weighted by Gasteiger charge is 2.30. The highest BCUT2D eigenvalue weighted by Crippen LogP contribution is 2.42. The van der Waals surface area contributed by atoms with Gasteiger partial charge in [-0.1, -0.05) is 34.1 Å². The Bertz CT molecular complexity index is 723. The van der Waals surface area contributed by atoms with Crippen molar-refractivity contribution in [1.82, 2.24) is 0 Å². The van der Waals surface area contributed by atoms with Crippen molar-refractivity contribution in [1.29, 1.82) is 0 Å². The molecule has 0 aliphatic carbocycles. The van der Waals surface area contributed by atoms with E-state index in [0.717, 1.165) is 5.56 Å². The Morgan fingerprint density at radius 1 is 1.00 bits per heavy atom. The summed E-state index contributed by atoms with van der Waals surface area (Å²) < 4.78 is 30.5. The normalized spacial score (nSPS) is 15.4. The molecule has 0 fully saturated rings. The van der Waals surface area contributed by atoms with Crippen molar-refractivity contribution in [3.05, 3.63) is 48.0 Å². The SMILES string of the molecule is O=S1(=O)c2ccccc2Oc2cc(CBr)ccc21. The largest absolute Gasteiger partial charge is 0.455 e. The fraction of sp³-hybridized carbons (Fsp3) is 0.0769. The van der Waals surface area contributed by atoms with Gasteiger partial charge in [0.25, 0.3) is 0 Å². The number of halogens is 1. The maximum absolute atomic E-state index is 12.4. The summed E-state index contributed by atoms with van der Waals surface area (Å²) in [5, 5.41) is 0.658. The maximum atomic E-state index is 12.4. The summed E-state index contributed by atoms with van der Waals surface area (Å²) in [5.74, 6) is 0.780. The number of ether oxygens (including phenoxy) is 1. The van der Waals surface area contributed by atoms with Gasteiger partial charge >= 0.3 is 0 Å². The van der Waals surface area contributed by atoms with Crippen molar-refractivity contribution in [3.63, 3.8) is 0 Å². The van der Waals surface area contributed by atoms with Gasteiger partial charge in [0.05, 0.1) is 0 Å². The molecular formula is C13H9BrO3S. The van der Waals surface area contributed by atoms with E-state index in [1.807, 2.05) is 0 Å². The summed E-state index contributed by atoms with van der Waals surface area (Å²) in [5.41, 5.74) is 0.975. The minimum atomic E-state index is -3.47. The minimum absolute atomic E-state index is 0.226. The third-order valence-electron chi connectivity index (χ3n) is 2.81. The average molecular weight is 325 g/mol. The van der Waals surface area contributed by atoms with Crippen molar-refractivity contribution in [2.45, 2.75) is 15.1 Å². The van der Waals surface area contributed by atoms with Gasteiger partial charge in [0.2, 0.25) is 9.84 Å². The number of benzene rings is 2. The summed E-state index contributed by atoms with van der Waals surface area (Å²) in [6.07, 6.45) is 0. The van der Waals surface area contributed by atoms with Gasteiger partial charge in [-0.15, -0.1) is 0 Å². The van der Waals surface area contributed by atoms with Gasteiger partial charge in [-0.05, 0) is 29.8 Å². The van der Waals surface area contributed by atoms with Crippen molar-refractivity contribution in [2.75, 3.05) is 0 Å². The van der Waals surface area contributed by atoms with Crippen LogP contribution in [-0.2, 0) is 15.2 Å². The first-order chi connectivity index (χ1) is 8.63. The van der Waals surface area contributed by atoms with Gasteiger partial charge in [-0.2, -0.15) is 0 Å². The van der Waals surface area contributed by atoms with Crippen LogP contribution in [0, 0.1) is 0 Å². The van der Waals surface area contributed by atoms with Crippen molar-refractivity contribution >= 4 is 25.8 Å². The fourth-order valence-corrected chi connectivity index (χ4v) is 3.76. The third-order valence-corrected chi connectivity index (χ3v) is 5.29. The van der Waals surface area contributed by atoms with Crippen LogP contribution in [-0.4, -0.2) is 8.42 Å². The predicted molar refractivity (Wildman–Crippen MR) is 71.0 cm³/mol. The Labute approximate surface area is 113 Å². The highest BCUT2D eigenvalue weighted by molar-refractivity contribution is 9.08. The number of hydrogen-bond acceptors (Lipinski definition) is 3. The molecule has 2 aromatic carbocycles. The first kappa shape index (κ1) is 11.7. The quantitative estimate of drug-likeness (QED) is 0.643. The van der Waals surface area contributed by atoms with Crippen LogP contribution in [0.4, 0.5) is 0 Å². The molecule has 0 radical (unpaired) electrons. The van der Waals surface area contributed by atoms with Crippen LogP contribution in [0.25, 0.3) is 0 Å². The molecule has 0 unspecified atom stereocenters. The van der Waals surface area contributed by atoms with Gasteiger partial charge < -0.3 is 4.74 Å². The average Bonchev–Trinajstić information content (AvgIpc) is 2.38. The number of sulfone groups is 1. The summed E-state index contributed by atoms with van der Waals surface area (Å²) in [4.78, 5) is 0.454. The molecule has 2 aromatic rings. The van der Waals surface area contributed by atoms with Crippen molar-refractivity contribution in [3.8, 4) is 11.5 Å². The Morgan fingerprint density at radius 3 is 2.50 bits per heavy atom. The fourth-order valence-electron chi connectivity index (χ4n) is 1.93. The van der Waals surface area contributed by atoms with E-state index in [1.54, 1.807) is 42.5 Å². The smallest absolute Gasteiger partial charge is 0.213 e. The van der Waals surface area contributed by atoms with Crippen LogP contribution < -0.4 is 4.74 Å². The van der Waals surface area contributed by atoms with Crippen LogP contribution in [0.1, 0.15) is 5.56 Å². The lowest BCUT2D eigenvalue weighted by atomic mass is 10.2. The standard InChI is InChI=1S/C13H9BrO3S/c14-8-9-5-6-13-11(7-9)17-10-3-1-2-4-12(10)18(13,15)16/h1-7H,8H2. The number of fused-ring (bicyclic) bond motifs is 2. The van der Waals surface area contributed by atoms with Crippen LogP contribution in [0.5, 0.6) is 11.5 Å². The van der Waals surface area contributed by atoms with Gasteiger partial charge in [0.1, 0.15) is 21.3 Å². The molecule has 0 saturated carbocycles. The number of rotatable bonds is 1. The van der Waals surface area contributed by atoms with E-state index in [1.165, 1.54) is 0 Å². The summed E-state index contributed by atoms with van der Waals surface area (Å²) in [6, 6.07) is 11.8. The topological polar surface area (TPSA) is 43.4 Å². The Balaban J connectivity index is 2.28. The molecule has 3 rings (SSSR count). The summed E-state index contributed by atoms with van der Waals surface area (Å²) in [6.45, 7) is 0. The van der Waals surface area contributed by atoms with Crippen molar-refractivity contribution in [2.24, 2.45) is 0 Å². The molecule has 92 valence electrons. The Morgan fingerprint density at radius 2 is 1.72 bits per heavy atom. The van der Waals surface area contributed by atoms with E-state index >= 15 is 0 Å². The van der Waals surface area contributed by atoms with Gasteiger partial charge in [0.15, 0.2) is 0 Å². The molecule has 18 heavy (non-hydrogen) atoms. The molecule has 0 saturated heterocycles. The Hall–Kier alpha value is -1.33. The van der Waals surface area contributed by atoms with Crippen LogP contribution in [0.3, 0.4) is 0 Å². The van der Waals surface area contributed by atoms with E-state index in [9.17, 15) is 8.42 Å². The predicted octanol–water partition coefficient (Wildman–Crippen LogP) is 3.52. The van der Waals surface area contributed by atoms with E-state index in [0.29, 0.717) is 16.8 Å². The zero-order chi connectivity index (χ0) is 12.8. The van der Waals surface area contributed by atoms with Gasteiger partial charge in [-0.25, -0.2) is 8.42 Å². The monoisotopic (exact) mass is 324 g/mol. The summed E-state index contributed by atoms with van der Waals surface area (Å²) in [7, 11) is -3.47. The molecule has 1 aliphatic heterocycles. The first-order valence-electron chi connectivity index (χ1n) is 5.34. The molecule has 0 N–H and O–H groups in total. The van der Waals surface area contributed by atoms with Crippen LogP contribution in [0.2, 0.25) is 0 Å². The second-order valence-corrected chi connectivity index (χ2v) is 6.41. The van der Waals surface area contributed by atoms with E-state index in [-0.39, 0.29) is 9.79 Å². The lowest BCUT2D eigenvalue weighted by molar-refractivity contribution is 0.442. The van der Waals surface area contributed by atoms with Gasteiger partial charge in [-0.3, -0.25) is 0 Å². The zero-order valence-corrected chi connectivity index (χ0v) is 11.7. The van der Waals surface area contributed by atoms with Crippen molar-refractivity contribution < 1.29 is 13.2 Å². The molecule has 1 aliphatic rings. The van der Waals surface area contributed by atoms with Crippen LogP contribution in [0.15, 0.2) is 52.3 Å². The third kappa shape index (κ3) is 1.66. The van der Waals surface area contributed by atoms with E-state index in [4.69, 9.17) is 4.74 Å². The first-order valence-corrected chi connectivity index (χ1v) is 7.94. The second-order valence-electron chi connectivity index (χ2n) is 3.97. The van der Waals surface area contributed by atoms with Gasteiger partial charge in [0, 0.05) is 5.33 Å². The minimum Gasteiger partial charge on any atom is -0.455 e. The molecule has 0 amide bonds. The maximum Gasteiger partial charge on any atom is 0.213 e. The lowest BCUT2D eigenvalue weighted by Crippen LogP contribution is -2.11. The highest BCUT2D eigenvalue weighted by atomic mass is 79.9. The zero-order valence-electron chi connectivity index (χ0n) is 9.26. The van der Waals surface area contributed by atoms with E-state index < -0.39 is 9.84 Å². The summed E-state index contributed by atoms with van der Waals surface area (Å²) >= 11 is 3.34. The van der Waals surface area contributed by atoms with E-state index in [2.05, 4.69) is 15.9 Å². The number of alkyl halides is 1. The molecule has 1 heterocycles. The molecule has 0 aromatic heterocycles. The van der Waals surface area contributed by atoms with Crippen LogP contribution >= 0.6 is 15.9 Å². The molecule has 5 heteroatoms. The number of para-hydroxylation sites is 1. The lowest BCUT2D eigenvalue weighted by Gasteiger charge is -2.20. The number of hydrogen-bond donors (Lipinski definition) is 0. The second kappa shape index (κ2) is 4.10. The Kier molecular flexibility index (Phi) is 2.68. The molecule has 0 atom stereocenters. The molecule has 0 bridgehead atoms. The molecule has 3 nitrogen and oxygen atoms in total. The molecule has 0 spiro atoms.